The molecule has 198 valence electrons. The van der Waals surface area contributed by atoms with Gasteiger partial charge in [0.1, 0.15) is 0 Å². The van der Waals surface area contributed by atoms with Crippen molar-refractivity contribution in [1.29, 1.82) is 0 Å². The maximum Gasteiger partial charge on any atom is 0.338 e. The molecule has 1 aliphatic rings. The Labute approximate surface area is 221 Å². The number of allylic oxidation sites excluding steroid dienone is 3. The molecule has 0 spiro atoms. The van der Waals surface area contributed by atoms with Crippen molar-refractivity contribution in [2.24, 2.45) is 17.0 Å². The highest BCUT2D eigenvalue weighted by atomic mass is 35.5. The fourth-order valence-corrected chi connectivity index (χ4v) is 4.38. The number of rotatable bonds is 7. The summed E-state index contributed by atoms with van der Waals surface area (Å²) in [6, 6.07) is 1.89. The number of ether oxygens (including phenoxy) is 1. The number of aryl methyl sites for hydroxylation is 2. The Morgan fingerprint density at radius 1 is 1.06 bits per heavy atom. The highest BCUT2D eigenvalue weighted by molar-refractivity contribution is 6.33. The summed E-state index contributed by atoms with van der Waals surface area (Å²) in [4.78, 5) is 33.2. The number of amides is 1. The van der Waals surface area contributed by atoms with Gasteiger partial charge in [0, 0.05) is 24.5 Å². The highest BCUT2D eigenvalue weighted by Gasteiger charge is 2.22. The first kappa shape index (κ1) is 29.6. The molecule has 0 aliphatic carbocycles. The topological polar surface area (TPSA) is 68.2 Å². The molecule has 0 saturated carbocycles. The molecule has 0 atom stereocenters. The van der Waals surface area contributed by atoms with Gasteiger partial charge in [-0.25, -0.2) is 4.79 Å². The van der Waals surface area contributed by atoms with Crippen LogP contribution in [0.3, 0.4) is 0 Å². The van der Waals surface area contributed by atoms with Gasteiger partial charge in [0.05, 0.1) is 17.9 Å². The maximum atomic E-state index is 13.0. The van der Waals surface area contributed by atoms with Crippen LogP contribution in [0.4, 0.5) is 0 Å². The van der Waals surface area contributed by atoms with Gasteiger partial charge in [-0.1, -0.05) is 68.7 Å². The van der Waals surface area contributed by atoms with Gasteiger partial charge in [0.15, 0.2) is 6.61 Å². The van der Waals surface area contributed by atoms with E-state index in [4.69, 9.17) is 21.2 Å². The summed E-state index contributed by atoms with van der Waals surface area (Å²) in [5, 5.41) is 4.82. The van der Waals surface area contributed by atoms with Crippen molar-refractivity contribution in [3.05, 3.63) is 57.6 Å². The number of carbonyl (C=O) groups excluding carboxylic acids is 2. The Kier molecular flexibility index (Phi) is 12.2. The Morgan fingerprint density at radius 2 is 1.69 bits per heavy atom. The number of hydrogen-bond acceptors (Lipinski definition) is 5. The molecule has 36 heavy (non-hydrogen) atoms. The number of esters is 1. The molecule has 1 heterocycles. The quantitative estimate of drug-likeness (QED) is 0.237. The zero-order valence-corrected chi connectivity index (χ0v) is 23.4. The normalized spacial score (nSPS) is 17.0. The van der Waals surface area contributed by atoms with Crippen LogP contribution >= 0.6 is 11.6 Å². The van der Waals surface area contributed by atoms with Crippen LogP contribution in [0.2, 0.25) is 5.02 Å². The molecule has 0 saturated heterocycles. The van der Waals surface area contributed by atoms with E-state index in [-0.39, 0.29) is 18.9 Å². The molecule has 1 aromatic carbocycles. The van der Waals surface area contributed by atoms with E-state index in [0.717, 1.165) is 24.0 Å². The van der Waals surface area contributed by atoms with Crippen molar-refractivity contribution in [2.45, 2.75) is 67.2 Å². The fourth-order valence-electron chi connectivity index (χ4n) is 4.16. The first-order valence-electron chi connectivity index (χ1n) is 12.8. The van der Waals surface area contributed by atoms with Crippen LogP contribution in [0.5, 0.6) is 0 Å². The van der Waals surface area contributed by atoms with Gasteiger partial charge in [-0.2, -0.15) is 0 Å². The van der Waals surface area contributed by atoms with E-state index in [1.807, 2.05) is 43.0 Å². The lowest BCUT2D eigenvalue weighted by molar-refractivity contribution is -0.137. The standard InChI is InChI=1S/C29H41ClN2O4/c1-20(2)17-32(18-21(3)4)26(33)19-36-31-24-13-11-9-7-8-10-12-14-35-29(34)27-22(5)15-23(6)28(30)25(27)16-24/h8,10-11,13,15,20-21H,7,9,12,14,16-19H2,1-6H3/b10-8+,13-11?,31-24+. The molecule has 7 heteroatoms. The molecule has 0 bridgehead atoms. The Balaban J connectivity index is 2.34. The highest BCUT2D eigenvalue weighted by Crippen LogP contribution is 2.29. The molecule has 1 aromatic rings. The van der Waals surface area contributed by atoms with Crippen LogP contribution in [0.15, 0.2) is 35.5 Å². The molecule has 0 radical (unpaired) electrons. The molecular formula is C29H41ClN2O4. The second kappa shape index (κ2) is 14.8. The van der Waals surface area contributed by atoms with E-state index in [1.54, 1.807) is 0 Å². The third-order valence-corrected chi connectivity index (χ3v) is 6.22. The zero-order chi connectivity index (χ0) is 26.7. The number of cyclic esters (lactones) is 1. The van der Waals surface area contributed by atoms with Gasteiger partial charge < -0.3 is 14.5 Å². The average molecular weight is 517 g/mol. The number of halogens is 1. The lowest BCUT2D eigenvalue weighted by Gasteiger charge is -2.25. The van der Waals surface area contributed by atoms with Crippen LogP contribution in [0.1, 0.15) is 74.0 Å². The summed E-state index contributed by atoms with van der Waals surface area (Å²) in [5.41, 5.74) is 3.39. The molecule has 1 aliphatic heterocycles. The van der Waals surface area contributed by atoms with Crippen LogP contribution in [-0.2, 0) is 20.8 Å². The summed E-state index contributed by atoms with van der Waals surface area (Å²) in [6.07, 6.45) is 10.7. The van der Waals surface area contributed by atoms with Crippen LogP contribution in [0, 0.1) is 25.7 Å². The first-order valence-corrected chi connectivity index (χ1v) is 13.2. The Morgan fingerprint density at radius 3 is 2.36 bits per heavy atom. The van der Waals surface area contributed by atoms with Gasteiger partial charge in [-0.3, -0.25) is 4.79 Å². The van der Waals surface area contributed by atoms with Gasteiger partial charge in [0.2, 0.25) is 0 Å². The number of fused-ring (bicyclic) bond motifs is 1. The molecular weight excluding hydrogens is 476 g/mol. The second-order valence-electron chi connectivity index (χ2n) is 10.2. The predicted octanol–water partition coefficient (Wildman–Crippen LogP) is 6.47. The predicted molar refractivity (Wildman–Crippen MR) is 147 cm³/mol. The molecule has 2 rings (SSSR count). The van der Waals surface area contributed by atoms with Gasteiger partial charge >= 0.3 is 5.97 Å². The summed E-state index contributed by atoms with van der Waals surface area (Å²) in [5.74, 6) is 0.235. The largest absolute Gasteiger partial charge is 0.462 e. The molecule has 6 nitrogen and oxygen atoms in total. The Bertz CT molecular complexity index is 985. The molecule has 0 unspecified atom stereocenters. The maximum absolute atomic E-state index is 13.0. The van der Waals surface area contributed by atoms with Crippen LogP contribution < -0.4 is 0 Å². The third-order valence-electron chi connectivity index (χ3n) is 5.69. The van der Waals surface area contributed by atoms with Crippen molar-refractivity contribution in [2.75, 3.05) is 26.3 Å². The van der Waals surface area contributed by atoms with E-state index in [9.17, 15) is 9.59 Å². The van der Waals surface area contributed by atoms with E-state index >= 15 is 0 Å². The van der Waals surface area contributed by atoms with E-state index in [0.29, 0.717) is 59.8 Å². The minimum absolute atomic E-state index is 0.0922. The van der Waals surface area contributed by atoms with Crippen LogP contribution in [0.25, 0.3) is 0 Å². The van der Waals surface area contributed by atoms with Gasteiger partial charge in [-0.15, -0.1) is 0 Å². The summed E-state index contributed by atoms with van der Waals surface area (Å²) < 4.78 is 5.54. The average Bonchev–Trinajstić information content (AvgIpc) is 2.79. The molecule has 0 fully saturated rings. The van der Waals surface area contributed by atoms with Crippen molar-refractivity contribution < 1.29 is 19.2 Å². The Hall–Kier alpha value is -2.60. The fraction of sp³-hybridized carbons (Fsp3) is 0.552. The van der Waals surface area contributed by atoms with Crippen molar-refractivity contribution >= 4 is 29.2 Å². The second-order valence-corrected chi connectivity index (χ2v) is 10.6. The van der Waals surface area contributed by atoms with Crippen molar-refractivity contribution in [1.82, 2.24) is 4.90 Å². The first-order chi connectivity index (χ1) is 17.1. The zero-order valence-electron chi connectivity index (χ0n) is 22.6. The van der Waals surface area contributed by atoms with E-state index in [1.165, 1.54) is 0 Å². The molecule has 1 amide bonds. The third kappa shape index (κ3) is 9.45. The molecule has 0 aromatic heterocycles. The summed E-state index contributed by atoms with van der Waals surface area (Å²) in [6.45, 7) is 13.7. The minimum atomic E-state index is -0.396. The van der Waals surface area contributed by atoms with Crippen molar-refractivity contribution in [3.8, 4) is 0 Å². The summed E-state index contributed by atoms with van der Waals surface area (Å²) >= 11 is 6.69. The number of oxime groups is 1. The van der Waals surface area contributed by atoms with E-state index < -0.39 is 5.97 Å². The monoisotopic (exact) mass is 516 g/mol. The SMILES string of the molecule is Cc1cc(C)c2c(c1Cl)C/C(=N/OCC(=O)N(CC(C)C)CC(C)C)C=CCC/C=C/CCOC2=O. The summed E-state index contributed by atoms with van der Waals surface area (Å²) in [7, 11) is 0. The van der Waals surface area contributed by atoms with Gasteiger partial charge in [-0.05, 0) is 67.7 Å². The number of carbonyl (C=O) groups is 2. The molecule has 0 N–H and O–H groups in total. The van der Waals surface area contributed by atoms with Crippen LogP contribution in [-0.4, -0.2) is 48.8 Å². The number of hydrogen-bond donors (Lipinski definition) is 0. The smallest absolute Gasteiger partial charge is 0.338 e. The lowest BCUT2D eigenvalue weighted by atomic mass is 9.94. The van der Waals surface area contributed by atoms with E-state index in [2.05, 4.69) is 38.9 Å². The number of nitrogens with zero attached hydrogens (tertiary/aromatic N) is 2. The van der Waals surface area contributed by atoms with Crippen molar-refractivity contribution in [3.63, 3.8) is 0 Å². The minimum Gasteiger partial charge on any atom is -0.462 e. The lowest BCUT2D eigenvalue weighted by Crippen LogP contribution is -2.39. The van der Waals surface area contributed by atoms with Gasteiger partial charge in [0.25, 0.3) is 5.91 Å². The number of benzene rings is 1.